The van der Waals surface area contributed by atoms with E-state index in [2.05, 4.69) is 26.2 Å². The zero-order chi connectivity index (χ0) is 42.2. The molecule has 14 heteroatoms. The first-order valence-electron chi connectivity index (χ1n) is 18.7. The van der Waals surface area contributed by atoms with Gasteiger partial charge in [-0.05, 0) is 69.0 Å². The van der Waals surface area contributed by atoms with Crippen molar-refractivity contribution in [2.24, 2.45) is 0 Å². The van der Waals surface area contributed by atoms with Gasteiger partial charge in [0.25, 0.3) is 0 Å². The minimum Gasteiger partial charge on any atom is -0.458 e. The van der Waals surface area contributed by atoms with Gasteiger partial charge in [0, 0.05) is 48.6 Å². The summed E-state index contributed by atoms with van der Waals surface area (Å²) in [5.74, 6) is 1.89. The molecule has 1 amide bonds. The summed E-state index contributed by atoms with van der Waals surface area (Å²) in [4.78, 5) is 64.8. The Labute approximate surface area is 332 Å². The highest BCUT2D eigenvalue weighted by molar-refractivity contribution is 5.97. The molecular formula is C43H51N5O9. The first-order chi connectivity index (χ1) is 26.6. The van der Waals surface area contributed by atoms with Crippen molar-refractivity contribution in [2.45, 2.75) is 124 Å². The Kier molecular flexibility index (Phi) is 12.0. The molecule has 1 fully saturated rings. The Bertz CT molecular complexity index is 2300. The second-order valence-corrected chi connectivity index (χ2v) is 16.2. The molecule has 4 aromatic rings. The number of amides is 1. The lowest BCUT2D eigenvalue weighted by molar-refractivity contribution is -0.160. The fourth-order valence-electron chi connectivity index (χ4n) is 8.07. The molecule has 2 N–H and O–H groups in total. The molecule has 1 saturated heterocycles. The van der Waals surface area contributed by atoms with Crippen LogP contribution in [0, 0.1) is 47.0 Å². The van der Waals surface area contributed by atoms with Crippen molar-refractivity contribution in [2.75, 3.05) is 11.9 Å². The van der Waals surface area contributed by atoms with Crippen LogP contribution in [0.4, 0.5) is 5.82 Å². The highest BCUT2D eigenvalue weighted by Gasteiger charge is 2.51. The third kappa shape index (κ3) is 9.00. The van der Waals surface area contributed by atoms with Crippen LogP contribution in [0.15, 0.2) is 30.6 Å². The average molecular weight is 782 g/mol. The van der Waals surface area contributed by atoms with Gasteiger partial charge in [-0.25, -0.2) is 15.0 Å². The topological polar surface area (TPSA) is 181 Å². The van der Waals surface area contributed by atoms with Gasteiger partial charge >= 0.3 is 17.9 Å². The predicted molar refractivity (Wildman–Crippen MR) is 212 cm³/mol. The molecule has 57 heavy (non-hydrogen) atoms. The number of benzene rings is 2. The average Bonchev–Trinajstić information content (AvgIpc) is 3.64. The highest BCUT2D eigenvalue weighted by atomic mass is 16.6. The minimum atomic E-state index is -1.69. The van der Waals surface area contributed by atoms with Crippen molar-refractivity contribution in [1.82, 2.24) is 19.5 Å². The highest BCUT2D eigenvalue weighted by Crippen LogP contribution is 2.43. The fraction of sp³-hybridized carbons (Fsp3) is 0.465. The van der Waals surface area contributed by atoms with Gasteiger partial charge in [-0.15, -0.1) is 6.42 Å². The standard InChI is InChI=1S/C43H51N5O9/c1-13-43(21-49)32(56-35(53)20-42(11,12)37-26(5)15-24(3)17-31(37)55-29(8)51)18-34(57-43)48-22-44-38-39(45-27(6)46-40(38)48)47-33(52)19-41(9,10)36-25(4)14-23(2)16-30(36)54-28(7)50/h1,14-17,22,32,34,49H,18-21H2,2-12H3,(H,45,46,47,52)/t32-,34+,43+/m0/s1. The number of carbonyl (C=O) groups excluding carboxylic acids is 4. The van der Waals surface area contributed by atoms with Crippen LogP contribution < -0.4 is 14.8 Å². The fourth-order valence-corrected chi connectivity index (χ4v) is 8.07. The number of rotatable bonds is 12. The van der Waals surface area contributed by atoms with Crippen LogP contribution in [0.2, 0.25) is 0 Å². The van der Waals surface area contributed by atoms with Crippen LogP contribution >= 0.6 is 0 Å². The van der Waals surface area contributed by atoms with Crippen LogP contribution in [0.5, 0.6) is 11.5 Å². The van der Waals surface area contributed by atoms with E-state index >= 15 is 0 Å². The van der Waals surface area contributed by atoms with E-state index in [1.54, 1.807) is 23.6 Å². The molecule has 14 nitrogen and oxygen atoms in total. The third-order valence-electron chi connectivity index (χ3n) is 10.1. The summed E-state index contributed by atoms with van der Waals surface area (Å²) in [7, 11) is 0. The van der Waals surface area contributed by atoms with Crippen LogP contribution in [0.1, 0.15) is 106 Å². The van der Waals surface area contributed by atoms with Gasteiger partial charge in [0.2, 0.25) is 5.91 Å². The van der Waals surface area contributed by atoms with Crippen molar-refractivity contribution in [3.8, 4) is 23.8 Å². The molecule has 0 aliphatic carbocycles. The molecule has 0 unspecified atom stereocenters. The number of aliphatic hydroxyl groups is 1. The lowest BCUT2D eigenvalue weighted by Crippen LogP contribution is -2.44. The summed E-state index contributed by atoms with van der Waals surface area (Å²) in [6.45, 7) is 18.8. The number of hydrogen-bond donors (Lipinski definition) is 2. The zero-order valence-corrected chi connectivity index (χ0v) is 34.4. The number of fused-ring (bicyclic) bond motifs is 1. The number of nitrogens with zero attached hydrogens (tertiary/aromatic N) is 4. The minimum absolute atomic E-state index is 0.0156. The van der Waals surface area contributed by atoms with Crippen molar-refractivity contribution in [3.05, 3.63) is 69.8 Å². The molecule has 1 aliphatic rings. The molecule has 0 saturated carbocycles. The maximum atomic E-state index is 13.7. The third-order valence-corrected chi connectivity index (χ3v) is 10.1. The Hall–Kier alpha value is -5.65. The molecule has 1 aliphatic heterocycles. The number of aromatic nitrogens is 4. The second kappa shape index (κ2) is 16.1. The number of imidazole rings is 1. The van der Waals surface area contributed by atoms with E-state index in [-0.39, 0.29) is 36.5 Å². The summed E-state index contributed by atoms with van der Waals surface area (Å²) >= 11 is 0. The van der Waals surface area contributed by atoms with Gasteiger partial charge in [-0.3, -0.25) is 23.7 Å². The van der Waals surface area contributed by atoms with Crippen molar-refractivity contribution < 1.29 is 43.2 Å². The first-order valence-corrected chi connectivity index (χ1v) is 18.7. The Morgan fingerprint density at radius 3 is 1.96 bits per heavy atom. The lowest BCUT2D eigenvalue weighted by atomic mass is 9.78. The largest absolute Gasteiger partial charge is 0.458 e. The van der Waals surface area contributed by atoms with Crippen LogP contribution in [-0.2, 0) is 39.5 Å². The van der Waals surface area contributed by atoms with E-state index in [1.807, 2.05) is 67.5 Å². The molecule has 2 aromatic carbocycles. The molecule has 0 radical (unpaired) electrons. The number of esters is 3. The van der Waals surface area contributed by atoms with Crippen molar-refractivity contribution >= 4 is 40.8 Å². The van der Waals surface area contributed by atoms with Gasteiger partial charge in [0.05, 0.1) is 19.4 Å². The lowest BCUT2D eigenvalue weighted by Gasteiger charge is -2.31. The second-order valence-electron chi connectivity index (χ2n) is 16.2. The summed E-state index contributed by atoms with van der Waals surface area (Å²) in [6, 6.07) is 7.47. The van der Waals surface area contributed by atoms with E-state index in [9.17, 15) is 24.3 Å². The molecule has 3 atom stereocenters. The molecule has 302 valence electrons. The SMILES string of the molecule is C#C[C@]1(CO)O[C@@H](n2cnc3c(NC(=O)CC(C)(C)c4c(C)cc(C)cc4OC(C)=O)nc(C)nc32)C[C@@H]1OC(=O)CC(C)(C)c1c(C)cc(C)cc1OC(C)=O. The van der Waals surface area contributed by atoms with Crippen LogP contribution in [0.25, 0.3) is 11.2 Å². The Morgan fingerprint density at radius 2 is 1.46 bits per heavy atom. The molecule has 0 spiro atoms. The zero-order valence-electron chi connectivity index (χ0n) is 34.4. The number of nitrogens with one attached hydrogen (secondary N) is 1. The van der Waals surface area contributed by atoms with Gasteiger partial charge in [0.1, 0.15) is 29.7 Å². The summed E-state index contributed by atoms with van der Waals surface area (Å²) < 4.78 is 25.0. The first kappa shape index (κ1) is 42.5. The van der Waals surface area contributed by atoms with Crippen LogP contribution in [-0.4, -0.2) is 66.8 Å². The van der Waals surface area contributed by atoms with E-state index in [0.29, 0.717) is 28.5 Å². The molecular weight excluding hydrogens is 730 g/mol. The number of aryl methyl sites for hydroxylation is 5. The number of hydrogen-bond acceptors (Lipinski definition) is 12. The van der Waals surface area contributed by atoms with E-state index in [0.717, 1.165) is 27.8 Å². The molecule has 5 rings (SSSR count). The van der Waals surface area contributed by atoms with E-state index < -0.39 is 53.3 Å². The molecule has 2 aromatic heterocycles. The quantitative estimate of drug-likeness (QED) is 0.0961. The predicted octanol–water partition coefficient (Wildman–Crippen LogP) is 6.09. The number of anilines is 1. The van der Waals surface area contributed by atoms with Gasteiger partial charge < -0.3 is 29.4 Å². The van der Waals surface area contributed by atoms with Gasteiger partial charge in [-0.1, -0.05) is 45.7 Å². The number of carbonyl (C=O) groups is 4. The normalized spacial score (nSPS) is 18.2. The maximum Gasteiger partial charge on any atom is 0.308 e. The molecule has 3 heterocycles. The maximum absolute atomic E-state index is 13.7. The summed E-state index contributed by atoms with van der Waals surface area (Å²) in [6.07, 6.45) is 5.43. The monoisotopic (exact) mass is 781 g/mol. The number of ether oxygens (including phenoxy) is 4. The van der Waals surface area contributed by atoms with E-state index in [4.69, 9.17) is 25.4 Å². The smallest absolute Gasteiger partial charge is 0.308 e. The number of aliphatic hydroxyl groups excluding tert-OH is 1. The summed E-state index contributed by atoms with van der Waals surface area (Å²) in [5.41, 5.74) is 2.30. The number of terminal acetylenes is 1. The Balaban J connectivity index is 1.38. The summed E-state index contributed by atoms with van der Waals surface area (Å²) in [5, 5.41) is 13.4. The Morgan fingerprint density at radius 1 is 0.912 bits per heavy atom. The van der Waals surface area contributed by atoms with E-state index in [1.165, 1.54) is 20.2 Å². The molecule has 0 bridgehead atoms. The van der Waals surface area contributed by atoms with Crippen molar-refractivity contribution in [3.63, 3.8) is 0 Å². The van der Waals surface area contributed by atoms with Crippen molar-refractivity contribution in [1.29, 1.82) is 0 Å². The van der Waals surface area contributed by atoms with Gasteiger partial charge in [0.15, 0.2) is 22.6 Å². The van der Waals surface area contributed by atoms with Gasteiger partial charge in [-0.2, -0.15) is 0 Å². The van der Waals surface area contributed by atoms with Crippen LogP contribution in [0.3, 0.4) is 0 Å².